The molecule has 0 heterocycles. The molecular weight excluding hydrogens is 617 g/mol. The maximum Gasteiger partial charge on any atom is 0.0861 e. The molecule has 0 atom stereocenters. The summed E-state index contributed by atoms with van der Waals surface area (Å²) in [5.74, 6) is 0. The van der Waals surface area contributed by atoms with Crippen LogP contribution in [0.2, 0.25) is 0 Å². The standard InChI is InChI=1S/3C12H23N.H3O4P.3H2O/c3*1-3-7-11(8-4-1)13-12-9-5-2-6-10-12;1-5(2,3)4;;;/h3*11-13H,1-10H2;(H3,1,2,3,4);3*1H2. The lowest BCUT2D eigenvalue weighted by molar-refractivity contribution is -0.726. The summed E-state index contributed by atoms with van der Waals surface area (Å²) in [5, 5.41) is 8.16. The van der Waals surface area contributed by atoms with Gasteiger partial charge in [-0.15, -0.1) is 0 Å². The van der Waals surface area contributed by atoms with E-state index >= 15 is 0 Å². The Bertz CT molecular complexity index is 589. The number of quaternary nitrogens is 3. The van der Waals surface area contributed by atoms with Crippen LogP contribution in [0.15, 0.2) is 0 Å². The summed E-state index contributed by atoms with van der Waals surface area (Å²) in [6.45, 7) is 0. The molecule has 284 valence electrons. The molecule has 6 saturated carbocycles. The molecule has 6 aliphatic carbocycles. The third-order valence-electron chi connectivity index (χ3n) is 11.5. The van der Waals surface area contributed by atoms with Gasteiger partial charge in [0.1, 0.15) is 0 Å². The van der Waals surface area contributed by atoms with E-state index in [2.05, 4.69) is 16.0 Å². The minimum absolute atomic E-state index is 0. The van der Waals surface area contributed by atoms with Crippen LogP contribution in [0.4, 0.5) is 0 Å². The minimum Gasteiger partial charge on any atom is -0.822 e. The summed E-state index contributed by atoms with van der Waals surface area (Å²) >= 11 is 0. The van der Waals surface area contributed by atoms with E-state index in [-0.39, 0.29) is 16.4 Å². The van der Waals surface area contributed by atoms with Gasteiger partial charge in [0.05, 0.1) is 36.3 Å². The Morgan fingerprint density at radius 1 is 0.298 bits per heavy atom. The molecule has 12 N–H and O–H groups in total. The molecule has 0 unspecified atom stereocenters. The normalized spacial score (nSPS) is 24.2. The number of hydrogen-bond acceptors (Lipinski definition) is 4. The number of nitrogens with two attached hydrogens (primary N) is 3. The van der Waals surface area contributed by atoms with Crippen LogP contribution in [0.1, 0.15) is 193 Å². The Morgan fingerprint density at radius 2 is 0.404 bits per heavy atom. The van der Waals surface area contributed by atoms with Gasteiger partial charge in [0.2, 0.25) is 0 Å². The van der Waals surface area contributed by atoms with Crippen molar-refractivity contribution in [2.75, 3.05) is 0 Å². The van der Waals surface area contributed by atoms with Crippen molar-refractivity contribution in [2.24, 2.45) is 0 Å². The summed E-state index contributed by atoms with van der Waals surface area (Å²) in [4.78, 5) is 25.6. The fourth-order valence-electron chi connectivity index (χ4n) is 9.11. The zero-order valence-electron chi connectivity index (χ0n) is 30.0. The van der Waals surface area contributed by atoms with Crippen LogP contribution in [0.5, 0.6) is 0 Å². The highest BCUT2D eigenvalue weighted by molar-refractivity contribution is 7.40. The average molecular weight is 696 g/mol. The van der Waals surface area contributed by atoms with Crippen LogP contribution in [-0.2, 0) is 4.57 Å². The van der Waals surface area contributed by atoms with Gasteiger partial charge in [0.15, 0.2) is 0 Å². The van der Waals surface area contributed by atoms with Gasteiger partial charge < -0.3 is 51.6 Å². The van der Waals surface area contributed by atoms with Gasteiger partial charge in [0.25, 0.3) is 0 Å². The fraction of sp³-hybridized carbons (Fsp3) is 1.00. The molecule has 0 aromatic heterocycles. The first kappa shape index (κ1) is 46.9. The molecule has 0 spiro atoms. The summed E-state index contributed by atoms with van der Waals surface area (Å²) in [6, 6.07) is 5.98. The van der Waals surface area contributed by atoms with Crippen molar-refractivity contribution >= 4 is 7.82 Å². The van der Waals surface area contributed by atoms with Crippen molar-refractivity contribution in [1.29, 1.82) is 0 Å². The lowest BCUT2D eigenvalue weighted by Crippen LogP contribution is -2.95. The van der Waals surface area contributed by atoms with Gasteiger partial charge >= 0.3 is 0 Å². The van der Waals surface area contributed by atoms with Gasteiger partial charge in [-0.25, -0.2) is 0 Å². The zero-order valence-corrected chi connectivity index (χ0v) is 30.9. The molecule has 0 amide bonds. The van der Waals surface area contributed by atoms with E-state index in [1.165, 1.54) is 193 Å². The summed E-state index contributed by atoms with van der Waals surface area (Å²) < 4.78 is 8.55. The monoisotopic (exact) mass is 696 g/mol. The highest BCUT2D eigenvalue weighted by Gasteiger charge is 2.25. The predicted octanol–water partition coefficient (Wildman–Crippen LogP) is 1.35. The Labute approximate surface area is 288 Å². The van der Waals surface area contributed by atoms with Crippen LogP contribution in [0, 0.1) is 0 Å². The number of rotatable bonds is 6. The lowest BCUT2D eigenvalue weighted by Gasteiger charge is -2.36. The van der Waals surface area contributed by atoms with E-state index in [1.54, 1.807) is 0 Å². The highest BCUT2D eigenvalue weighted by Crippen LogP contribution is 2.20. The highest BCUT2D eigenvalue weighted by atomic mass is 31.2. The first-order valence-electron chi connectivity index (χ1n) is 19.6. The fourth-order valence-corrected chi connectivity index (χ4v) is 9.11. The Hall–Kier alpha value is -0.130. The van der Waals surface area contributed by atoms with Gasteiger partial charge in [-0.3, -0.25) is 0 Å². The molecule has 47 heavy (non-hydrogen) atoms. The molecule has 10 nitrogen and oxygen atoms in total. The van der Waals surface area contributed by atoms with Crippen molar-refractivity contribution < 1.29 is 51.6 Å². The van der Waals surface area contributed by atoms with Crippen LogP contribution in [0.3, 0.4) is 0 Å². The Morgan fingerprint density at radius 3 is 0.511 bits per heavy atom. The smallest absolute Gasteiger partial charge is 0.0861 e. The first-order valence-corrected chi connectivity index (χ1v) is 21.1. The summed E-state index contributed by atoms with van der Waals surface area (Å²) in [6.07, 6.45) is 44.9. The zero-order chi connectivity index (χ0) is 31.3. The van der Waals surface area contributed by atoms with Crippen molar-refractivity contribution in [3.63, 3.8) is 0 Å². The number of phosphoric acid groups is 1. The predicted molar refractivity (Wildman–Crippen MR) is 185 cm³/mol. The van der Waals surface area contributed by atoms with Crippen molar-refractivity contribution in [3.05, 3.63) is 0 Å². The quantitative estimate of drug-likeness (QED) is 0.349. The second kappa shape index (κ2) is 28.6. The van der Waals surface area contributed by atoms with Gasteiger partial charge in [-0.2, -0.15) is 7.82 Å². The molecule has 6 aliphatic rings. The molecule has 0 saturated heterocycles. The third-order valence-corrected chi connectivity index (χ3v) is 11.5. The first-order chi connectivity index (χ1) is 21.3. The maximum atomic E-state index is 8.55. The van der Waals surface area contributed by atoms with Gasteiger partial charge in [-0.05, 0) is 154 Å². The molecule has 0 aliphatic heterocycles. The van der Waals surface area contributed by atoms with Crippen LogP contribution < -0.4 is 30.6 Å². The molecule has 6 rings (SSSR count). The van der Waals surface area contributed by atoms with E-state index in [1.807, 2.05) is 0 Å². The molecule has 0 aromatic rings. The summed E-state index contributed by atoms with van der Waals surface area (Å²) in [7, 11) is -5.39. The molecule has 0 bridgehead atoms. The van der Waals surface area contributed by atoms with E-state index in [0.29, 0.717) is 0 Å². The minimum atomic E-state index is -5.39. The lowest BCUT2D eigenvalue weighted by atomic mass is 9.91. The second-order valence-electron chi connectivity index (χ2n) is 15.4. The Balaban J connectivity index is 0.000000612. The SMILES string of the molecule is C1CCC([NH2+]C2CCCCC2)CC1.C1CCC([NH2+]C2CCCCC2)CC1.C1CCC([NH2+]C2CCCCC2)CC1.O.O.O.O=P([O-])([O-])[O-]. The topological polar surface area (TPSA) is 231 Å². The van der Waals surface area contributed by atoms with E-state index in [0.717, 1.165) is 36.3 Å². The maximum absolute atomic E-state index is 8.55. The van der Waals surface area contributed by atoms with Crippen LogP contribution >= 0.6 is 7.82 Å². The van der Waals surface area contributed by atoms with Crippen LogP contribution in [-0.4, -0.2) is 52.7 Å². The van der Waals surface area contributed by atoms with Crippen molar-refractivity contribution in [3.8, 4) is 0 Å². The molecule has 0 radical (unpaired) electrons. The van der Waals surface area contributed by atoms with Gasteiger partial charge in [-0.1, -0.05) is 38.5 Å². The third kappa shape index (κ3) is 24.6. The molecule has 11 heteroatoms. The summed E-state index contributed by atoms with van der Waals surface area (Å²) in [5.41, 5.74) is 0. The molecule has 6 fully saturated rings. The van der Waals surface area contributed by atoms with Crippen molar-refractivity contribution in [1.82, 2.24) is 0 Å². The van der Waals surface area contributed by atoms with Crippen LogP contribution in [0.25, 0.3) is 0 Å². The average Bonchev–Trinajstić information content (AvgIpc) is 3.04. The van der Waals surface area contributed by atoms with Crippen molar-refractivity contribution in [2.45, 2.75) is 229 Å². The largest absolute Gasteiger partial charge is 0.822 e. The van der Waals surface area contributed by atoms with E-state index < -0.39 is 7.82 Å². The molecule has 0 aromatic carbocycles. The van der Waals surface area contributed by atoms with E-state index in [4.69, 9.17) is 19.2 Å². The number of hydrogen-bond donors (Lipinski definition) is 3. The van der Waals surface area contributed by atoms with Gasteiger partial charge in [0, 0.05) is 0 Å². The second-order valence-corrected chi connectivity index (χ2v) is 16.3. The molecular formula is C36H78N3O7P. The van der Waals surface area contributed by atoms with E-state index in [9.17, 15) is 0 Å². The Kier molecular flexibility index (Phi) is 28.5.